The molecule has 1 aliphatic rings. The number of hydrogen-bond acceptors (Lipinski definition) is 5. The summed E-state index contributed by atoms with van der Waals surface area (Å²) in [7, 11) is -4.04. The summed E-state index contributed by atoms with van der Waals surface area (Å²) >= 11 is 0. The van der Waals surface area contributed by atoms with Crippen molar-refractivity contribution in [2.24, 2.45) is 5.41 Å². The van der Waals surface area contributed by atoms with E-state index in [9.17, 15) is 14.0 Å². The van der Waals surface area contributed by atoms with Crippen LogP contribution in [0.2, 0.25) is 0 Å². The fourth-order valence-corrected chi connectivity index (χ4v) is 5.72. The number of hydrogen-bond donors (Lipinski definition) is 0. The monoisotopic (exact) mass is 272 g/mol. The van der Waals surface area contributed by atoms with Gasteiger partial charge in [-0.1, -0.05) is 20.8 Å². The summed E-state index contributed by atoms with van der Waals surface area (Å²) in [5, 5.41) is 0. The number of rotatable bonds is 2. The molecule has 0 aromatic heterocycles. The van der Waals surface area contributed by atoms with E-state index in [1.165, 1.54) is 10.8 Å². The Hall–Kier alpha value is 0.440. The second-order valence-corrected chi connectivity index (χ2v) is 8.52. The first-order valence-electron chi connectivity index (χ1n) is 4.19. The van der Waals surface area contributed by atoms with E-state index in [4.69, 9.17) is 0 Å². The van der Waals surface area contributed by atoms with Gasteiger partial charge in [-0.3, -0.25) is 0 Å². The highest BCUT2D eigenvalue weighted by atomic mass is 35.7. The Morgan fingerprint density at radius 2 is 1.87 bits per heavy atom. The van der Waals surface area contributed by atoms with Gasteiger partial charge >= 0.3 is 0 Å². The summed E-state index contributed by atoms with van der Waals surface area (Å²) in [6, 6.07) is 0. The Bertz CT molecular complexity index is 325. The van der Waals surface area contributed by atoms with Crippen LogP contribution in [0.15, 0.2) is 11.0 Å². The van der Waals surface area contributed by atoms with Crippen LogP contribution in [0.25, 0.3) is 0 Å². The molecular weight excluding hydrogens is 260 g/mol. The van der Waals surface area contributed by atoms with Gasteiger partial charge in [-0.15, -0.1) is 0 Å². The Labute approximate surface area is 97.6 Å². The molecule has 0 aromatic rings. The predicted molar refractivity (Wildman–Crippen MR) is 54.5 cm³/mol. The lowest BCUT2D eigenvalue weighted by atomic mass is 9.95. The van der Waals surface area contributed by atoms with Crippen molar-refractivity contribution in [2.45, 2.75) is 27.7 Å². The Morgan fingerprint density at radius 3 is 2.20 bits per heavy atom. The molecule has 88 valence electrons. The maximum absolute atomic E-state index is 10.4. The summed E-state index contributed by atoms with van der Waals surface area (Å²) in [6.07, 6.45) is 1.88. The molecule has 0 saturated carbocycles. The Morgan fingerprint density at radius 1 is 1.33 bits per heavy atom. The highest BCUT2D eigenvalue weighted by molar-refractivity contribution is 8.83. The highest BCUT2D eigenvalue weighted by Crippen LogP contribution is 2.51. The zero-order valence-electron chi connectivity index (χ0n) is 8.90. The summed E-state index contributed by atoms with van der Waals surface area (Å²) < 4.78 is 35.7. The lowest BCUT2D eigenvalue weighted by molar-refractivity contribution is -1.91. The molecule has 0 saturated heterocycles. The molecule has 1 rings (SSSR count). The smallest absolute Gasteiger partial charge is 0.174 e. The first-order chi connectivity index (χ1) is 6.59. The van der Waals surface area contributed by atoms with Gasteiger partial charge in [0.2, 0.25) is 0 Å². The molecular formula is C8H13ClO4S2. The van der Waals surface area contributed by atoms with Crippen LogP contribution in [0.1, 0.15) is 27.7 Å². The van der Waals surface area contributed by atoms with Crippen LogP contribution < -0.4 is 14.0 Å². The van der Waals surface area contributed by atoms with Gasteiger partial charge in [0, 0.05) is 9.77 Å². The molecule has 4 nitrogen and oxygen atoms in total. The van der Waals surface area contributed by atoms with E-state index >= 15 is 0 Å². The highest BCUT2D eigenvalue weighted by Gasteiger charge is 2.32. The minimum atomic E-state index is -4.35. The van der Waals surface area contributed by atoms with Crippen molar-refractivity contribution in [2.75, 3.05) is 0 Å². The van der Waals surface area contributed by atoms with E-state index in [0.29, 0.717) is 0 Å². The van der Waals surface area contributed by atoms with Crippen LogP contribution in [0.3, 0.4) is 0 Å². The summed E-state index contributed by atoms with van der Waals surface area (Å²) in [5.74, 6) is 0. The quantitative estimate of drug-likeness (QED) is 0.517. The standard InChI is InChI=1S/C8H13ClO4S2/c1-6-5-7(8(2,3)4)14-15(6)13-9(10,11)12/h5H,1-4H3. The van der Waals surface area contributed by atoms with E-state index in [0.717, 1.165) is 9.77 Å². The van der Waals surface area contributed by atoms with Crippen LogP contribution in [-0.2, 0) is 3.74 Å². The normalized spacial score (nSPS) is 23.3. The molecule has 0 N–H and O–H groups in total. The largest absolute Gasteiger partial charge is 0.182 e. The molecule has 15 heavy (non-hydrogen) atoms. The lowest BCUT2D eigenvalue weighted by Gasteiger charge is -2.19. The fraction of sp³-hybridized carbons (Fsp3) is 0.625. The molecule has 0 spiro atoms. The van der Waals surface area contributed by atoms with Gasteiger partial charge < -0.3 is 0 Å². The minimum Gasteiger partial charge on any atom is -0.182 e. The zero-order valence-corrected chi connectivity index (χ0v) is 11.3. The third-order valence-electron chi connectivity index (χ3n) is 1.64. The van der Waals surface area contributed by atoms with Gasteiger partial charge in [0.15, 0.2) is 9.80 Å². The summed E-state index contributed by atoms with van der Waals surface area (Å²) in [5.41, 5.74) is -0.0550. The average molecular weight is 273 g/mol. The van der Waals surface area contributed by atoms with E-state index in [1.54, 1.807) is 6.92 Å². The maximum atomic E-state index is 10.4. The molecule has 0 fully saturated rings. The van der Waals surface area contributed by atoms with Crippen molar-refractivity contribution in [3.8, 4) is 0 Å². The van der Waals surface area contributed by atoms with Gasteiger partial charge in [-0.2, -0.15) is 14.0 Å². The molecule has 1 unspecified atom stereocenters. The number of allylic oxidation sites excluding steroid dienone is 2. The van der Waals surface area contributed by atoms with Gasteiger partial charge in [-0.25, -0.2) is 0 Å². The Balaban J connectivity index is 2.74. The maximum Gasteiger partial charge on any atom is 0.174 e. The van der Waals surface area contributed by atoms with Gasteiger partial charge in [-0.05, 0) is 29.2 Å². The minimum absolute atomic E-state index is 0.0550. The first kappa shape index (κ1) is 13.5. The van der Waals surface area contributed by atoms with Crippen molar-refractivity contribution < 1.29 is 28.0 Å². The third kappa shape index (κ3) is 4.07. The predicted octanol–water partition coefficient (Wildman–Crippen LogP) is -0.132. The lowest BCUT2D eigenvalue weighted by Crippen LogP contribution is -2.60. The fourth-order valence-electron chi connectivity index (χ4n) is 0.878. The zero-order chi connectivity index (χ0) is 11.9. The van der Waals surface area contributed by atoms with Crippen molar-refractivity contribution in [1.82, 2.24) is 0 Å². The second kappa shape index (κ2) is 4.37. The first-order valence-corrected chi connectivity index (χ1v) is 7.90. The van der Waals surface area contributed by atoms with E-state index in [1.807, 2.05) is 26.8 Å². The second-order valence-electron chi connectivity index (χ2n) is 4.13. The van der Waals surface area contributed by atoms with E-state index < -0.39 is 20.0 Å². The van der Waals surface area contributed by atoms with Crippen LogP contribution in [0.5, 0.6) is 0 Å². The average Bonchev–Trinajstić information content (AvgIpc) is 2.27. The molecule has 1 aliphatic heterocycles. The summed E-state index contributed by atoms with van der Waals surface area (Å²) in [6.45, 7) is 7.83. The van der Waals surface area contributed by atoms with Crippen molar-refractivity contribution in [1.29, 1.82) is 0 Å². The molecule has 1 heterocycles. The molecule has 0 amide bonds. The topological polar surface area (TPSA) is 78.4 Å². The van der Waals surface area contributed by atoms with E-state index in [2.05, 4.69) is 3.74 Å². The van der Waals surface area contributed by atoms with Crippen LogP contribution in [-0.4, -0.2) is 4.86 Å². The SMILES string of the molecule is CC1=S(O[Cl+3]([O-])([O-])[O-])SC(C(C)(C)C)=C1. The van der Waals surface area contributed by atoms with Crippen molar-refractivity contribution in [3.05, 3.63) is 11.0 Å². The van der Waals surface area contributed by atoms with Gasteiger partial charge in [0.05, 0.1) is 10.2 Å². The Kier molecular flexibility index (Phi) is 3.93. The van der Waals surface area contributed by atoms with Crippen LogP contribution >= 0.6 is 20.6 Å². The molecule has 7 heteroatoms. The molecule has 0 radical (unpaired) electrons. The van der Waals surface area contributed by atoms with Gasteiger partial charge in [0.25, 0.3) is 0 Å². The molecule has 0 aliphatic carbocycles. The van der Waals surface area contributed by atoms with Gasteiger partial charge in [0.1, 0.15) is 3.74 Å². The van der Waals surface area contributed by atoms with Crippen molar-refractivity contribution >= 4 is 25.5 Å². The third-order valence-corrected chi connectivity index (χ3v) is 6.66. The van der Waals surface area contributed by atoms with Crippen LogP contribution in [0, 0.1) is 15.7 Å². The van der Waals surface area contributed by atoms with Crippen molar-refractivity contribution in [3.63, 3.8) is 0 Å². The number of halogens is 1. The van der Waals surface area contributed by atoms with Crippen LogP contribution in [0.4, 0.5) is 0 Å². The summed E-state index contributed by atoms with van der Waals surface area (Å²) in [4.78, 5) is 1.80. The molecule has 0 bridgehead atoms. The molecule has 1 atom stereocenters. The van der Waals surface area contributed by atoms with E-state index in [-0.39, 0.29) is 5.41 Å². The molecule has 0 aromatic carbocycles.